The monoisotopic (exact) mass is 295 g/mol. The van der Waals surface area contributed by atoms with Crippen LogP contribution in [-0.2, 0) is 4.79 Å². The molecular weight excluding hydrogens is 274 g/mol. The number of hydrogen-bond acceptors (Lipinski definition) is 4. The van der Waals surface area contributed by atoms with E-state index in [0.29, 0.717) is 32.7 Å². The molecule has 1 aliphatic heterocycles. The number of carbonyl (C=O) groups excluding carboxylic acids is 2. The van der Waals surface area contributed by atoms with Gasteiger partial charge in [0, 0.05) is 32.7 Å². The molecule has 110 valence electrons. The second kappa shape index (κ2) is 5.93. The van der Waals surface area contributed by atoms with Crippen molar-refractivity contribution in [2.24, 2.45) is 11.1 Å². The average molecular weight is 295 g/mol. The van der Waals surface area contributed by atoms with Gasteiger partial charge in [0.15, 0.2) is 0 Å². The molecule has 1 aromatic heterocycles. The molecule has 0 radical (unpaired) electrons. The number of nitrogens with zero attached hydrogens (tertiary/aromatic N) is 2. The van der Waals surface area contributed by atoms with E-state index in [2.05, 4.69) is 0 Å². The van der Waals surface area contributed by atoms with Crippen LogP contribution in [0, 0.1) is 5.41 Å². The quantitative estimate of drug-likeness (QED) is 0.905. The minimum Gasteiger partial charge on any atom is -0.339 e. The van der Waals surface area contributed by atoms with E-state index in [0.717, 1.165) is 4.88 Å². The topological polar surface area (TPSA) is 66.6 Å². The molecule has 0 aliphatic carbocycles. The summed E-state index contributed by atoms with van der Waals surface area (Å²) in [6.07, 6.45) is 0. The highest BCUT2D eigenvalue weighted by molar-refractivity contribution is 7.12. The third-order valence-corrected chi connectivity index (χ3v) is 4.53. The Bertz CT molecular complexity index is 477. The van der Waals surface area contributed by atoms with Gasteiger partial charge < -0.3 is 15.5 Å². The fourth-order valence-electron chi connectivity index (χ4n) is 2.18. The van der Waals surface area contributed by atoms with E-state index in [1.807, 2.05) is 41.2 Å². The minimum atomic E-state index is -0.528. The number of nitrogens with two attached hydrogens (primary N) is 1. The highest BCUT2D eigenvalue weighted by Crippen LogP contribution is 2.19. The zero-order valence-electron chi connectivity index (χ0n) is 12.0. The molecule has 1 aliphatic rings. The van der Waals surface area contributed by atoms with Crippen LogP contribution < -0.4 is 5.73 Å². The lowest BCUT2D eigenvalue weighted by atomic mass is 9.91. The molecule has 1 fully saturated rings. The van der Waals surface area contributed by atoms with Crippen LogP contribution in [0.4, 0.5) is 0 Å². The van der Waals surface area contributed by atoms with Crippen LogP contribution in [0.25, 0.3) is 0 Å². The second-order valence-corrected chi connectivity index (χ2v) is 6.60. The van der Waals surface area contributed by atoms with Gasteiger partial charge in [-0.25, -0.2) is 0 Å². The van der Waals surface area contributed by atoms with Crippen molar-refractivity contribution >= 4 is 23.2 Å². The van der Waals surface area contributed by atoms with Crippen molar-refractivity contribution < 1.29 is 9.59 Å². The van der Waals surface area contributed by atoms with E-state index in [-0.39, 0.29) is 11.8 Å². The maximum Gasteiger partial charge on any atom is 0.264 e. The molecule has 2 rings (SSSR count). The Morgan fingerprint density at radius 3 is 2.35 bits per heavy atom. The van der Waals surface area contributed by atoms with E-state index < -0.39 is 5.41 Å². The molecular formula is C14H21N3O2S. The number of hydrogen-bond donors (Lipinski definition) is 1. The third kappa shape index (κ3) is 3.02. The summed E-state index contributed by atoms with van der Waals surface area (Å²) in [4.78, 5) is 28.9. The predicted octanol–water partition coefficient (Wildman–Crippen LogP) is 1.02. The first kappa shape index (κ1) is 15.0. The summed E-state index contributed by atoms with van der Waals surface area (Å²) in [6.45, 7) is 6.39. The van der Waals surface area contributed by atoms with E-state index in [1.54, 1.807) is 0 Å². The SMILES string of the molecule is CC(C)(CN)C(=O)N1CCN(C(=O)c2cccs2)CC1. The van der Waals surface area contributed by atoms with Crippen molar-refractivity contribution in [1.29, 1.82) is 0 Å². The fourth-order valence-corrected chi connectivity index (χ4v) is 2.87. The summed E-state index contributed by atoms with van der Waals surface area (Å²) in [5.74, 6) is 0.133. The van der Waals surface area contributed by atoms with Gasteiger partial charge in [0.1, 0.15) is 0 Å². The van der Waals surface area contributed by atoms with Crippen LogP contribution in [0.2, 0.25) is 0 Å². The Morgan fingerprint density at radius 1 is 1.25 bits per heavy atom. The van der Waals surface area contributed by atoms with Gasteiger partial charge in [0.2, 0.25) is 5.91 Å². The number of piperazine rings is 1. The first-order valence-corrected chi connectivity index (χ1v) is 7.66. The van der Waals surface area contributed by atoms with Crippen molar-refractivity contribution in [3.63, 3.8) is 0 Å². The van der Waals surface area contributed by atoms with Crippen molar-refractivity contribution in [1.82, 2.24) is 9.80 Å². The van der Waals surface area contributed by atoms with E-state index in [1.165, 1.54) is 11.3 Å². The Balaban J connectivity index is 1.93. The highest BCUT2D eigenvalue weighted by atomic mass is 32.1. The third-order valence-electron chi connectivity index (χ3n) is 3.68. The predicted molar refractivity (Wildman–Crippen MR) is 79.6 cm³/mol. The lowest BCUT2D eigenvalue weighted by molar-refractivity contribution is -0.141. The molecule has 20 heavy (non-hydrogen) atoms. The first-order valence-electron chi connectivity index (χ1n) is 6.78. The number of thiophene rings is 1. The van der Waals surface area contributed by atoms with Crippen LogP contribution in [-0.4, -0.2) is 54.3 Å². The Kier molecular flexibility index (Phi) is 4.45. The summed E-state index contributed by atoms with van der Waals surface area (Å²) in [7, 11) is 0. The summed E-state index contributed by atoms with van der Waals surface area (Å²) >= 11 is 1.45. The van der Waals surface area contributed by atoms with Gasteiger partial charge in [0.05, 0.1) is 10.3 Å². The highest BCUT2D eigenvalue weighted by Gasteiger charge is 2.33. The van der Waals surface area contributed by atoms with Gasteiger partial charge in [0.25, 0.3) is 5.91 Å². The van der Waals surface area contributed by atoms with Crippen LogP contribution >= 0.6 is 11.3 Å². The van der Waals surface area contributed by atoms with Crippen molar-refractivity contribution in [2.45, 2.75) is 13.8 Å². The summed E-state index contributed by atoms with van der Waals surface area (Å²) in [5, 5.41) is 1.90. The molecule has 1 aromatic rings. The molecule has 0 spiro atoms. The normalized spacial score (nSPS) is 16.4. The van der Waals surface area contributed by atoms with Crippen molar-refractivity contribution in [2.75, 3.05) is 32.7 Å². The van der Waals surface area contributed by atoms with Gasteiger partial charge in [-0.15, -0.1) is 11.3 Å². The Labute approximate surface area is 123 Å². The maximum atomic E-state index is 12.3. The average Bonchev–Trinajstić information content (AvgIpc) is 3.00. The first-order chi connectivity index (χ1) is 9.45. The van der Waals surface area contributed by atoms with Crippen molar-refractivity contribution in [3.8, 4) is 0 Å². The molecule has 5 nitrogen and oxygen atoms in total. The van der Waals surface area contributed by atoms with Gasteiger partial charge in [-0.2, -0.15) is 0 Å². The molecule has 2 amide bonds. The van der Waals surface area contributed by atoms with E-state index in [4.69, 9.17) is 5.73 Å². The lowest BCUT2D eigenvalue weighted by Gasteiger charge is -2.38. The number of amides is 2. The Morgan fingerprint density at radius 2 is 1.85 bits per heavy atom. The fraction of sp³-hybridized carbons (Fsp3) is 0.571. The van der Waals surface area contributed by atoms with Gasteiger partial charge in [-0.05, 0) is 25.3 Å². The van der Waals surface area contributed by atoms with E-state index >= 15 is 0 Å². The standard InChI is InChI=1S/C14H21N3O2S/c1-14(2,10-15)13(19)17-7-5-16(6-8-17)12(18)11-4-3-9-20-11/h3-4,9H,5-8,10,15H2,1-2H3. The summed E-state index contributed by atoms with van der Waals surface area (Å²) < 4.78 is 0. The number of rotatable bonds is 3. The molecule has 0 unspecified atom stereocenters. The molecule has 1 saturated heterocycles. The Hall–Kier alpha value is -1.40. The van der Waals surface area contributed by atoms with Crippen LogP contribution in [0.15, 0.2) is 17.5 Å². The zero-order valence-corrected chi connectivity index (χ0v) is 12.8. The van der Waals surface area contributed by atoms with Crippen LogP contribution in [0.3, 0.4) is 0 Å². The number of carbonyl (C=O) groups is 2. The summed E-state index contributed by atoms with van der Waals surface area (Å²) in [6, 6.07) is 3.71. The van der Waals surface area contributed by atoms with Gasteiger partial charge in [-0.1, -0.05) is 6.07 Å². The van der Waals surface area contributed by atoms with Gasteiger partial charge >= 0.3 is 0 Å². The lowest BCUT2D eigenvalue weighted by Crippen LogP contribution is -2.54. The molecule has 6 heteroatoms. The van der Waals surface area contributed by atoms with Gasteiger partial charge in [-0.3, -0.25) is 9.59 Å². The smallest absolute Gasteiger partial charge is 0.264 e. The zero-order chi connectivity index (χ0) is 14.8. The molecule has 0 saturated carbocycles. The largest absolute Gasteiger partial charge is 0.339 e. The molecule has 0 aromatic carbocycles. The minimum absolute atomic E-state index is 0.0604. The van der Waals surface area contributed by atoms with Crippen LogP contribution in [0.5, 0.6) is 0 Å². The molecule has 2 heterocycles. The summed E-state index contributed by atoms with van der Waals surface area (Å²) in [5.41, 5.74) is 5.12. The molecule has 0 atom stereocenters. The maximum absolute atomic E-state index is 12.3. The van der Waals surface area contributed by atoms with Crippen molar-refractivity contribution in [3.05, 3.63) is 22.4 Å². The van der Waals surface area contributed by atoms with E-state index in [9.17, 15) is 9.59 Å². The molecule has 2 N–H and O–H groups in total. The van der Waals surface area contributed by atoms with Crippen LogP contribution in [0.1, 0.15) is 23.5 Å². The molecule has 0 bridgehead atoms. The second-order valence-electron chi connectivity index (χ2n) is 5.65.